The molecule has 5 aliphatic rings. The van der Waals surface area contributed by atoms with Gasteiger partial charge in [-0.05, 0) is 59.8 Å². The third-order valence-corrected chi connectivity index (χ3v) is 8.70. The average Bonchev–Trinajstić information content (AvgIpc) is 3.61. The van der Waals surface area contributed by atoms with Gasteiger partial charge in [-0.3, -0.25) is 4.79 Å². The Bertz CT molecular complexity index is 1140. The Hall–Kier alpha value is -3.35. The molecule has 2 heterocycles. The maximum absolute atomic E-state index is 13.3. The van der Waals surface area contributed by atoms with Crippen molar-refractivity contribution in [2.45, 2.75) is 43.6 Å². The van der Waals surface area contributed by atoms with Crippen molar-refractivity contribution in [3.05, 3.63) is 59.7 Å². The number of hydrogen-bond donors (Lipinski definition) is 2. The molecule has 7 nitrogen and oxygen atoms in total. The molecule has 0 spiro atoms. The number of ether oxygens (including phenoxy) is 1. The second kappa shape index (κ2) is 8.40. The molecule has 0 radical (unpaired) electrons. The molecule has 2 N–H and O–H groups in total. The number of carboxylic acid groups (broad SMARTS) is 1. The van der Waals surface area contributed by atoms with E-state index in [1.807, 2.05) is 24.3 Å². The Balaban J connectivity index is 1.06. The number of rotatable bonds is 6. The lowest BCUT2D eigenvalue weighted by Crippen LogP contribution is -2.56. The summed E-state index contributed by atoms with van der Waals surface area (Å²) in [5.41, 5.74) is 3.71. The summed E-state index contributed by atoms with van der Waals surface area (Å²) in [6.07, 6.45) is 3.16. The van der Waals surface area contributed by atoms with Crippen LogP contribution in [-0.2, 0) is 14.3 Å². The molecule has 2 saturated heterocycles. The summed E-state index contributed by atoms with van der Waals surface area (Å²) in [4.78, 5) is 39.4. The smallest absolute Gasteiger partial charge is 0.407 e. The second-order valence-electron chi connectivity index (χ2n) is 10.6. The predicted molar refractivity (Wildman–Crippen MR) is 129 cm³/mol. The van der Waals surface area contributed by atoms with Gasteiger partial charge in [0.2, 0.25) is 5.91 Å². The fourth-order valence-corrected chi connectivity index (χ4v) is 6.94. The normalized spacial score (nSPS) is 28.2. The lowest BCUT2D eigenvalue weighted by molar-refractivity contribution is -0.160. The predicted octanol–water partition coefficient (Wildman–Crippen LogP) is 4.02. The molecule has 2 aromatic carbocycles. The van der Waals surface area contributed by atoms with Crippen molar-refractivity contribution in [3.8, 4) is 11.1 Å². The molecule has 7 rings (SSSR count). The SMILES string of the molecule is O=C(NCC1CCCC1C(=O)N1CC2CC1(C(=O)O)C2)OCC1c2ccccc2-c2ccccc21. The van der Waals surface area contributed by atoms with Crippen molar-refractivity contribution < 1.29 is 24.2 Å². The van der Waals surface area contributed by atoms with Crippen LogP contribution < -0.4 is 5.32 Å². The Morgan fingerprint density at radius 1 is 1.00 bits per heavy atom. The molecule has 2 amide bonds. The topological polar surface area (TPSA) is 95.9 Å². The fraction of sp³-hybridized carbons (Fsp3) is 0.464. The molecule has 7 heteroatoms. The number of alkyl carbamates (subject to hydrolysis) is 1. The van der Waals surface area contributed by atoms with Gasteiger partial charge in [0.25, 0.3) is 0 Å². The Kier molecular flexibility index (Phi) is 5.31. The summed E-state index contributed by atoms with van der Waals surface area (Å²) >= 11 is 0. The molecule has 4 fully saturated rings. The van der Waals surface area contributed by atoms with Gasteiger partial charge in [-0.15, -0.1) is 0 Å². The van der Waals surface area contributed by atoms with Gasteiger partial charge >= 0.3 is 12.1 Å². The number of amides is 2. The molecule has 0 aromatic heterocycles. The highest BCUT2D eigenvalue weighted by atomic mass is 16.5. The summed E-state index contributed by atoms with van der Waals surface area (Å²) in [5, 5.41) is 12.6. The van der Waals surface area contributed by atoms with Gasteiger partial charge in [0.05, 0.1) is 0 Å². The van der Waals surface area contributed by atoms with Gasteiger partial charge in [0.1, 0.15) is 12.1 Å². The first-order valence-corrected chi connectivity index (χ1v) is 12.6. The molecule has 2 unspecified atom stereocenters. The molecule has 35 heavy (non-hydrogen) atoms. The number of carboxylic acids is 1. The highest BCUT2D eigenvalue weighted by Crippen LogP contribution is 2.52. The largest absolute Gasteiger partial charge is 0.479 e. The summed E-state index contributed by atoms with van der Waals surface area (Å²) in [6, 6.07) is 16.4. The van der Waals surface area contributed by atoms with Crippen LogP contribution in [0.2, 0.25) is 0 Å². The third-order valence-electron chi connectivity index (χ3n) is 8.70. The molecule has 2 atom stereocenters. The third kappa shape index (κ3) is 3.51. The van der Waals surface area contributed by atoms with Gasteiger partial charge in [-0.1, -0.05) is 55.0 Å². The van der Waals surface area contributed by atoms with E-state index in [2.05, 4.69) is 29.6 Å². The number of fused-ring (bicyclic) bond motifs is 4. The fourth-order valence-electron chi connectivity index (χ4n) is 6.94. The lowest BCUT2D eigenvalue weighted by Gasteiger charge is -2.39. The van der Waals surface area contributed by atoms with E-state index in [-0.39, 0.29) is 30.3 Å². The first kappa shape index (κ1) is 22.1. The summed E-state index contributed by atoms with van der Waals surface area (Å²) in [6.45, 7) is 1.17. The van der Waals surface area contributed by atoms with Crippen LogP contribution in [0.5, 0.6) is 0 Å². The van der Waals surface area contributed by atoms with E-state index in [0.717, 1.165) is 19.3 Å². The summed E-state index contributed by atoms with van der Waals surface area (Å²) in [5.74, 6) is -0.849. The maximum Gasteiger partial charge on any atom is 0.407 e. The van der Waals surface area contributed by atoms with Gasteiger partial charge in [-0.2, -0.15) is 0 Å². The van der Waals surface area contributed by atoms with Crippen molar-refractivity contribution in [3.63, 3.8) is 0 Å². The standard InChI is InChI=1S/C28H30N2O5/c31-25(30-15-17-12-28(30,13-17)26(32)33)19-11-5-6-18(19)14-29-27(34)35-16-24-22-9-3-1-7-20(22)21-8-2-4-10-23(21)24/h1-4,7-10,17-19,24H,5-6,11-16H2,(H,29,34)(H,32,33). The van der Waals surface area contributed by atoms with Crippen LogP contribution in [0.3, 0.4) is 0 Å². The van der Waals surface area contributed by atoms with E-state index in [1.54, 1.807) is 4.90 Å². The lowest BCUT2D eigenvalue weighted by atomic mass is 9.73. The van der Waals surface area contributed by atoms with Gasteiger partial charge in [0.15, 0.2) is 0 Å². The Labute approximate surface area is 204 Å². The van der Waals surface area contributed by atoms with Crippen LogP contribution in [0.4, 0.5) is 4.79 Å². The van der Waals surface area contributed by atoms with E-state index in [4.69, 9.17) is 4.74 Å². The van der Waals surface area contributed by atoms with Crippen LogP contribution in [-0.4, -0.2) is 53.2 Å². The Morgan fingerprint density at radius 3 is 2.31 bits per heavy atom. The number of carbonyl (C=O) groups is 3. The highest BCUT2D eigenvalue weighted by Gasteiger charge is 2.63. The molecular formula is C28H30N2O5. The van der Waals surface area contributed by atoms with Crippen LogP contribution in [0.25, 0.3) is 11.1 Å². The zero-order valence-electron chi connectivity index (χ0n) is 19.6. The number of carbonyl (C=O) groups excluding carboxylic acids is 2. The van der Waals surface area contributed by atoms with Crippen molar-refractivity contribution in [1.82, 2.24) is 10.2 Å². The molecule has 2 aliphatic heterocycles. The first-order chi connectivity index (χ1) is 17.0. The van der Waals surface area contributed by atoms with Crippen LogP contribution >= 0.6 is 0 Å². The summed E-state index contributed by atoms with van der Waals surface area (Å²) in [7, 11) is 0. The number of hydrogen-bond acceptors (Lipinski definition) is 4. The zero-order valence-corrected chi connectivity index (χ0v) is 19.6. The van der Waals surface area contributed by atoms with Crippen molar-refractivity contribution in [2.75, 3.05) is 19.7 Å². The van der Waals surface area contributed by atoms with Crippen molar-refractivity contribution in [1.29, 1.82) is 0 Å². The number of aliphatic carboxylic acids is 1. The molecule has 3 aliphatic carbocycles. The summed E-state index contributed by atoms with van der Waals surface area (Å²) < 4.78 is 5.64. The van der Waals surface area contributed by atoms with Crippen molar-refractivity contribution >= 4 is 18.0 Å². The molecule has 2 saturated carbocycles. The minimum Gasteiger partial charge on any atom is -0.479 e. The van der Waals surface area contributed by atoms with Gasteiger partial charge < -0.3 is 20.1 Å². The molecule has 2 aromatic rings. The zero-order chi connectivity index (χ0) is 24.2. The minimum atomic E-state index is -0.991. The van der Waals surface area contributed by atoms with E-state index < -0.39 is 17.6 Å². The van der Waals surface area contributed by atoms with Crippen LogP contribution in [0.15, 0.2) is 48.5 Å². The molecule has 2 bridgehead atoms. The van der Waals surface area contributed by atoms with Gasteiger partial charge in [-0.25, -0.2) is 9.59 Å². The van der Waals surface area contributed by atoms with E-state index in [9.17, 15) is 19.5 Å². The average molecular weight is 475 g/mol. The number of nitrogens with zero attached hydrogens (tertiary/aromatic N) is 1. The highest BCUT2D eigenvalue weighted by molar-refractivity contribution is 5.90. The maximum atomic E-state index is 13.3. The molecular weight excluding hydrogens is 444 g/mol. The Morgan fingerprint density at radius 2 is 1.66 bits per heavy atom. The van der Waals surface area contributed by atoms with Gasteiger partial charge in [0, 0.05) is 24.9 Å². The second-order valence-corrected chi connectivity index (χ2v) is 10.6. The quantitative estimate of drug-likeness (QED) is 0.659. The molecule has 182 valence electrons. The number of nitrogens with one attached hydrogen (secondary N) is 1. The number of benzene rings is 2. The van der Waals surface area contributed by atoms with E-state index >= 15 is 0 Å². The van der Waals surface area contributed by atoms with Crippen LogP contribution in [0, 0.1) is 17.8 Å². The monoisotopic (exact) mass is 474 g/mol. The minimum absolute atomic E-state index is 0.00261. The van der Waals surface area contributed by atoms with E-state index in [1.165, 1.54) is 22.3 Å². The van der Waals surface area contributed by atoms with Crippen molar-refractivity contribution in [2.24, 2.45) is 17.8 Å². The van der Waals surface area contributed by atoms with E-state index in [0.29, 0.717) is 31.8 Å². The first-order valence-electron chi connectivity index (χ1n) is 12.6. The van der Waals surface area contributed by atoms with Crippen LogP contribution in [0.1, 0.15) is 49.1 Å².